The van der Waals surface area contributed by atoms with Gasteiger partial charge >= 0.3 is 0 Å². The van der Waals surface area contributed by atoms with E-state index in [1.54, 1.807) is 18.2 Å². The summed E-state index contributed by atoms with van der Waals surface area (Å²) < 4.78 is 6.99. The first kappa shape index (κ1) is 19.8. The van der Waals surface area contributed by atoms with E-state index in [0.717, 1.165) is 14.5 Å². The predicted octanol–water partition coefficient (Wildman–Crippen LogP) is 4.02. The van der Waals surface area contributed by atoms with E-state index in [1.165, 1.54) is 0 Å². The molecule has 0 unspecified atom stereocenters. The highest BCUT2D eigenvalue weighted by atomic mass is 79.9. The number of hydrazine groups is 1. The molecule has 0 radical (unpaired) electrons. The highest BCUT2D eigenvalue weighted by molar-refractivity contribution is 9.11. The van der Waals surface area contributed by atoms with Gasteiger partial charge < -0.3 is 4.74 Å². The van der Waals surface area contributed by atoms with E-state index < -0.39 is 5.91 Å². The summed E-state index contributed by atoms with van der Waals surface area (Å²) in [4.78, 5) is 23.5. The molecular formula is C17H15Br2ClN2O3. The molecule has 0 saturated carbocycles. The van der Waals surface area contributed by atoms with Crippen molar-refractivity contribution >= 4 is 55.3 Å². The second-order valence-corrected chi connectivity index (χ2v) is 7.23. The van der Waals surface area contributed by atoms with Gasteiger partial charge in [0, 0.05) is 15.9 Å². The zero-order chi connectivity index (χ0) is 18.2. The first-order valence-corrected chi connectivity index (χ1v) is 9.31. The standard InChI is InChI=1S/C17H15Br2ClN2O3/c18-12-6-7-15(13(19)9-12)25-10-17(24)22-21-16(23)8-5-11-3-1-2-4-14(11)20/h1-4,6-7,9H,5,8,10H2,(H,21,23)(H,22,24). The third-order valence-corrected chi connectivity index (χ3v) is 4.65. The maximum atomic E-state index is 11.8. The molecule has 0 spiro atoms. The van der Waals surface area contributed by atoms with Crippen LogP contribution >= 0.6 is 43.5 Å². The first-order chi connectivity index (χ1) is 12.0. The molecule has 2 rings (SSSR count). The number of ether oxygens (including phenoxy) is 1. The number of hydrogen-bond acceptors (Lipinski definition) is 3. The van der Waals surface area contributed by atoms with E-state index in [1.807, 2.05) is 24.3 Å². The van der Waals surface area contributed by atoms with Crippen LogP contribution in [0.4, 0.5) is 0 Å². The van der Waals surface area contributed by atoms with Crippen molar-refractivity contribution in [3.8, 4) is 5.75 Å². The van der Waals surface area contributed by atoms with Crippen LogP contribution in [-0.4, -0.2) is 18.4 Å². The summed E-state index contributed by atoms with van der Waals surface area (Å²) in [5, 5.41) is 0.618. The largest absolute Gasteiger partial charge is 0.483 e. The van der Waals surface area contributed by atoms with E-state index in [-0.39, 0.29) is 18.9 Å². The molecule has 2 aromatic rings. The molecule has 132 valence electrons. The molecule has 0 aliphatic heterocycles. The molecule has 0 heterocycles. The Bertz CT molecular complexity index is 771. The Balaban J connectivity index is 1.70. The monoisotopic (exact) mass is 488 g/mol. The Kier molecular flexibility index (Phi) is 7.74. The smallest absolute Gasteiger partial charge is 0.276 e. The Labute approximate surface area is 167 Å². The minimum atomic E-state index is -0.457. The molecule has 0 aliphatic rings. The lowest BCUT2D eigenvalue weighted by Gasteiger charge is -2.10. The van der Waals surface area contributed by atoms with Crippen molar-refractivity contribution < 1.29 is 14.3 Å². The normalized spacial score (nSPS) is 10.2. The van der Waals surface area contributed by atoms with Crippen molar-refractivity contribution in [3.63, 3.8) is 0 Å². The van der Waals surface area contributed by atoms with Crippen molar-refractivity contribution in [2.24, 2.45) is 0 Å². The lowest BCUT2D eigenvalue weighted by atomic mass is 10.1. The van der Waals surface area contributed by atoms with Gasteiger partial charge in [0.15, 0.2) is 6.61 Å². The number of carbonyl (C=O) groups excluding carboxylic acids is 2. The Morgan fingerprint density at radius 2 is 1.76 bits per heavy atom. The fourth-order valence-electron chi connectivity index (χ4n) is 1.92. The van der Waals surface area contributed by atoms with Gasteiger partial charge in [0.05, 0.1) is 4.47 Å². The molecule has 8 heteroatoms. The summed E-state index contributed by atoms with van der Waals surface area (Å²) in [7, 11) is 0. The van der Waals surface area contributed by atoms with Gasteiger partial charge in [-0.05, 0) is 52.2 Å². The second kappa shape index (κ2) is 9.79. The predicted molar refractivity (Wildman–Crippen MR) is 103 cm³/mol. The van der Waals surface area contributed by atoms with Crippen LogP contribution in [0, 0.1) is 0 Å². The van der Waals surface area contributed by atoms with E-state index in [4.69, 9.17) is 16.3 Å². The van der Waals surface area contributed by atoms with Crippen molar-refractivity contribution in [3.05, 3.63) is 62.0 Å². The lowest BCUT2D eigenvalue weighted by molar-refractivity contribution is -0.130. The zero-order valence-electron chi connectivity index (χ0n) is 13.0. The summed E-state index contributed by atoms with van der Waals surface area (Å²) in [5.41, 5.74) is 5.55. The van der Waals surface area contributed by atoms with Gasteiger partial charge in [-0.15, -0.1) is 0 Å². The lowest BCUT2D eigenvalue weighted by Crippen LogP contribution is -2.43. The maximum Gasteiger partial charge on any atom is 0.276 e. The maximum absolute atomic E-state index is 11.8. The summed E-state index contributed by atoms with van der Waals surface area (Å²) >= 11 is 12.7. The second-order valence-electron chi connectivity index (χ2n) is 5.05. The molecular weight excluding hydrogens is 475 g/mol. The van der Waals surface area contributed by atoms with Crippen LogP contribution in [0.25, 0.3) is 0 Å². The number of carbonyl (C=O) groups is 2. The van der Waals surface area contributed by atoms with Crippen LogP contribution in [0.1, 0.15) is 12.0 Å². The molecule has 0 aromatic heterocycles. The number of rotatable bonds is 6. The van der Waals surface area contributed by atoms with E-state index in [2.05, 4.69) is 42.7 Å². The highest BCUT2D eigenvalue weighted by Gasteiger charge is 2.08. The molecule has 2 aromatic carbocycles. The molecule has 25 heavy (non-hydrogen) atoms. The number of amides is 2. The third-order valence-electron chi connectivity index (χ3n) is 3.17. The van der Waals surface area contributed by atoms with E-state index >= 15 is 0 Å². The minimum absolute atomic E-state index is 0.211. The molecule has 0 saturated heterocycles. The Hall–Kier alpha value is -1.57. The minimum Gasteiger partial charge on any atom is -0.483 e. The number of nitrogens with one attached hydrogen (secondary N) is 2. The van der Waals surface area contributed by atoms with Crippen LogP contribution in [-0.2, 0) is 16.0 Å². The molecule has 0 bridgehead atoms. The van der Waals surface area contributed by atoms with Crippen molar-refractivity contribution in [1.29, 1.82) is 0 Å². The summed E-state index contributed by atoms with van der Waals surface area (Å²) in [6.45, 7) is -0.217. The topological polar surface area (TPSA) is 67.4 Å². The van der Waals surface area contributed by atoms with Crippen molar-refractivity contribution in [2.75, 3.05) is 6.61 Å². The molecule has 2 N–H and O–H groups in total. The van der Waals surface area contributed by atoms with Crippen LogP contribution in [0.3, 0.4) is 0 Å². The number of hydrogen-bond donors (Lipinski definition) is 2. The molecule has 0 fully saturated rings. The van der Waals surface area contributed by atoms with Crippen molar-refractivity contribution in [1.82, 2.24) is 10.9 Å². The van der Waals surface area contributed by atoms with Gasteiger partial charge in [-0.3, -0.25) is 20.4 Å². The number of halogens is 3. The fraction of sp³-hybridized carbons (Fsp3) is 0.176. The third kappa shape index (κ3) is 6.68. The van der Waals surface area contributed by atoms with Gasteiger partial charge in [0.25, 0.3) is 5.91 Å². The summed E-state index contributed by atoms with van der Waals surface area (Å²) in [5.74, 6) is -0.234. The number of benzene rings is 2. The van der Waals surface area contributed by atoms with E-state index in [9.17, 15) is 9.59 Å². The van der Waals surface area contributed by atoms with Crippen molar-refractivity contribution in [2.45, 2.75) is 12.8 Å². The van der Waals surface area contributed by atoms with Gasteiger partial charge in [-0.2, -0.15) is 0 Å². The van der Waals surface area contributed by atoms with Crippen LogP contribution in [0.5, 0.6) is 5.75 Å². The number of aryl methyl sites for hydroxylation is 1. The van der Waals surface area contributed by atoms with Gasteiger partial charge in [0.1, 0.15) is 5.75 Å². The zero-order valence-corrected chi connectivity index (χ0v) is 16.9. The Morgan fingerprint density at radius 3 is 2.48 bits per heavy atom. The fourth-order valence-corrected chi connectivity index (χ4v) is 3.31. The summed E-state index contributed by atoms with van der Waals surface area (Å²) in [6, 6.07) is 12.7. The molecule has 5 nitrogen and oxygen atoms in total. The van der Waals surface area contributed by atoms with Gasteiger partial charge in [0.2, 0.25) is 5.91 Å². The first-order valence-electron chi connectivity index (χ1n) is 7.34. The SMILES string of the molecule is O=C(CCc1ccccc1Cl)NNC(=O)COc1ccc(Br)cc1Br. The molecule has 0 atom stereocenters. The van der Waals surface area contributed by atoms with Gasteiger partial charge in [-0.25, -0.2) is 0 Å². The molecule has 0 aliphatic carbocycles. The van der Waals surface area contributed by atoms with Gasteiger partial charge in [-0.1, -0.05) is 45.7 Å². The van der Waals surface area contributed by atoms with Crippen LogP contribution < -0.4 is 15.6 Å². The van der Waals surface area contributed by atoms with Crippen LogP contribution in [0.2, 0.25) is 5.02 Å². The average molecular weight is 491 g/mol. The summed E-state index contributed by atoms with van der Waals surface area (Å²) in [6.07, 6.45) is 0.701. The van der Waals surface area contributed by atoms with Crippen LogP contribution in [0.15, 0.2) is 51.4 Å². The Morgan fingerprint density at radius 1 is 1.04 bits per heavy atom. The highest BCUT2D eigenvalue weighted by Crippen LogP contribution is 2.28. The van der Waals surface area contributed by atoms with E-state index in [0.29, 0.717) is 17.2 Å². The average Bonchev–Trinajstić information content (AvgIpc) is 2.58. The molecule has 2 amide bonds. The quantitative estimate of drug-likeness (QED) is 0.601.